The maximum Gasteiger partial charge on any atom is 0.198 e. The highest BCUT2D eigenvalue weighted by molar-refractivity contribution is 6.33. The van der Waals surface area contributed by atoms with Crippen LogP contribution in [0.25, 0.3) is 33.5 Å². The molecule has 0 aliphatic carbocycles. The summed E-state index contributed by atoms with van der Waals surface area (Å²) < 4.78 is 33.4. The van der Waals surface area contributed by atoms with E-state index in [1.165, 1.54) is 14.0 Å². The highest BCUT2D eigenvalue weighted by Crippen LogP contribution is 2.42. The lowest BCUT2D eigenvalue weighted by atomic mass is 10.0. The minimum Gasteiger partial charge on any atom is -0.495 e. The lowest BCUT2D eigenvalue weighted by molar-refractivity contribution is 0.357. The zero-order chi connectivity index (χ0) is 18.4. The minimum absolute atomic E-state index is 0.0767. The van der Waals surface area contributed by atoms with Crippen molar-refractivity contribution in [1.82, 2.24) is 30.4 Å². The van der Waals surface area contributed by atoms with Gasteiger partial charge in [-0.2, -0.15) is 10.2 Å². The van der Waals surface area contributed by atoms with E-state index in [2.05, 4.69) is 30.4 Å². The molecule has 10 heteroatoms. The number of nitrogens with one attached hydrogen (secondary N) is 3. The standard InChI is InChI=1S/C16H13ClF2N6O/c1-6(18)15-23-16(25-24-15)14-10(7-4-20-21-5-7)8-3-9(26-2)11(17)12(19)13(8)22-14/h3-6,22H,1-2H3,(H,20,21)(H,23,24,25). The Kier molecular flexibility index (Phi) is 3.87. The van der Waals surface area contributed by atoms with Crippen LogP contribution >= 0.6 is 11.6 Å². The molecular weight excluding hydrogens is 366 g/mol. The van der Waals surface area contributed by atoms with Gasteiger partial charge in [-0.25, -0.2) is 13.8 Å². The molecule has 3 aromatic heterocycles. The van der Waals surface area contributed by atoms with Crippen LogP contribution in [-0.2, 0) is 0 Å². The number of H-pyrrole nitrogens is 3. The number of hydrogen-bond acceptors (Lipinski definition) is 4. The molecule has 0 saturated heterocycles. The number of rotatable bonds is 4. The van der Waals surface area contributed by atoms with Crippen molar-refractivity contribution in [2.24, 2.45) is 0 Å². The Balaban J connectivity index is 2.05. The molecule has 4 aromatic rings. The Labute approximate surface area is 150 Å². The third-order valence-corrected chi connectivity index (χ3v) is 4.40. The van der Waals surface area contributed by atoms with Crippen molar-refractivity contribution < 1.29 is 13.5 Å². The minimum atomic E-state index is -1.32. The number of benzene rings is 1. The molecule has 0 radical (unpaired) electrons. The molecule has 1 unspecified atom stereocenters. The van der Waals surface area contributed by atoms with Crippen LogP contribution in [0.2, 0.25) is 5.02 Å². The number of ether oxygens (including phenoxy) is 1. The average molecular weight is 379 g/mol. The third-order valence-electron chi connectivity index (χ3n) is 4.05. The highest BCUT2D eigenvalue weighted by atomic mass is 35.5. The van der Waals surface area contributed by atoms with Crippen molar-refractivity contribution in [2.45, 2.75) is 13.1 Å². The molecule has 26 heavy (non-hydrogen) atoms. The van der Waals surface area contributed by atoms with Gasteiger partial charge < -0.3 is 9.72 Å². The lowest BCUT2D eigenvalue weighted by Gasteiger charge is -2.05. The van der Waals surface area contributed by atoms with Crippen LogP contribution in [0, 0.1) is 5.82 Å². The zero-order valence-electron chi connectivity index (χ0n) is 13.7. The topological polar surface area (TPSA) is 95.3 Å². The van der Waals surface area contributed by atoms with Gasteiger partial charge in [0.05, 0.1) is 24.5 Å². The maximum absolute atomic E-state index is 14.8. The molecule has 0 fully saturated rings. The van der Waals surface area contributed by atoms with Crippen molar-refractivity contribution in [3.8, 4) is 28.4 Å². The summed E-state index contributed by atoms with van der Waals surface area (Å²) in [5.74, 6) is -0.189. The molecule has 134 valence electrons. The average Bonchev–Trinajstić information content (AvgIpc) is 3.35. The van der Waals surface area contributed by atoms with Gasteiger partial charge in [0, 0.05) is 22.7 Å². The number of fused-ring (bicyclic) bond motifs is 1. The van der Waals surface area contributed by atoms with Gasteiger partial charge in [0.1, 0.15) is 10.8 Å². The van der Waals surface area contributed by atoms with Crippen molar-refractivity contribution in [3.63, 3.8) is 0 Å². The summed E-state index contributed by atoms with van der Waals surface area (Å²) in [5.41, 5.74) is 1.85. The van der Waals surface area contributed by atoms with Gasteiger partial charge in [-0.05, 0) is 13.0 Å². The molecular formula is C16H13ClF2N6O. The van der Waals surface area contributed by atoms with Crippen molar-refractivity contribution >= 4 is 22.5 Å². The molecule has 1 aromatic carbocycles. The van der Waals surface area contributed by atoms with E-state index in [4.69, 9.17) is 16.3 Å². The third kappa shape index (κ3) is 2.43. The Hall–Kier alpha value is -2.94. The number of alkyl halides is 1. The summed E-state index contributed by atoms with van der Waals surface area (Å²) in [6, 6.07) is 1.62. The van der Waals surface area contributed by atoms with E-state index < -0.39 is 12.0 Å². The Morgan fingerprint density at radius 3 is 2.77 bits per heavy atom. The molecule has 1 atom stereocenters. The molecule has 7 nitrogen and oxygen atoms in total. The summed E-state index contributed by atoms with van der Waals surface area (Å²) in [6.07, 6.45) is 1.91. The molecule has 0 saturated carbocycles. The van der Waals surface area contributed by atoms with Crippen LogP contribution in [0.3, 0.4) is 0 Å². The molecule has 3 N–H and O–H groups in total. The predicted molar refractivity (Wildman–Crippen MR) is 92.3 cm³/mol. The van der Waals surface area contributed by atoms with Gasteiger partial charge in [-0.3, -0.25) is 10.2 Å². The number of aromatic nitrogens is 6. The first kappa shape index (κ1) is 16.5. The van der Waals surface area contributed by atoms with E-state index in [0.717, 1.165) is 0 Å². The summed E-state index contributed by atoms with van der Waals surface area (Å²) in [5, 5.41) is 13.6. The van der Waals surface area contributed by atoms with Crippen LogP contribution in [0.4, 0.5) is 8.78 Å². The first-order valence-electron chi connectivity index (χ1n) is 7.64. The van der Waals surface area contributed by atoms with Gasteiger partial charge in [-0.15, -0.1) is 0 Å². The van der Waals surface area contributed by atoms with Crippen molar-refractivity contribution in [3.05, 3.63) is 35.1 Å². The smallest absolute Gasteiger partial charge is 0.198 e. The van der Waals surface area contributed by atoms with E-state index in [1.807, 2.05) is 0 Å². The molecule has 0 bridgehead atoms. The summed E-state index contributed by atoms with van der Waals surface area (Å²) in [6.45, 7) is 1.34. The van der Waals surface area contributed by atoms with Gasteiger partial charge in [-0.1, -0.05) is 11.6 Å². The van der Waals surface area contributed by atoms with E-state index in [0.29, 0.717) is 22.2 Å². The van der Waals surface area contributed by atoms with E-state index in [1.54, 1.807) is 18.5 Å². The largest absolute Gasteiger partial charge is 0.495 e. The van der Waals surface area contributed by atoms with Crippen LogP contribution < -0.4 is 4.74 Å². The molecule has 0 amide bonds. The Morgan fingerprint density at radius 2 is 2.15 bits per heavy atom. The quantitative estimate of drug-likeness (QED) is 0.496. The molecule has 3 heterocycles. The summed E-state index contributed by atoms with van der Waals surface area (Å²) in [4.78, 5) is 7.11. The van der Waals surface area contributed by atoms with E-state index >= 15 is 0 Å². The molecule has 0 aliphatic rings. The molecule has 0 aliphatic heterocycles. The van der Waals surface area contributed by atoms with Gasteiger partial charge in [0.2, 0.25) is 0 Å². The lowest BCUT2D eigenvalue weighted by Crippen LogP contribution is -1.88. The fourth-order valence-corrected chi connectivity index (χ4v) is 3.04. The first-order valence-corrected chi connectivity index (χ1v) is 8.02. The van der Waals surface area contributed by atoms with Gasteiger partial charge >= 0.3 is 0 Å². The van der Waals surface area contributed by atoms with Crippen LogP contribution in [0.1, 0.15) is 18.9 Å². The van der Waals surface area contributed by atoms with Crippen molar-refractivity contribution in [2.75, 3.05) is 7.11 Å². The van der Waals surface area contributed by atoms with Crippen LogP contribution in [-0.4, -0.2) is 37.5 Å². The number of halogens is 3. The van der Waals surface area contributed by atoms with E-state index in [9.17, 15) is 8.78 Å². The van der Waals surface area contributed by atoms with Gasteiger partial charge in [0.25, 0.3) is 0 Å². The normalized spacial score (nSPS) is 12.7. The first-order chi connectivity index (χ1) is 12.5. The summed E-state index contributed by atoms with van der Waals surface area (Å²) in [7, 11) is 1.40. The number of aromatic amines is 3. The predicted octanol–water partition coefficient (Wildman–Crippen LogP) is 4.17. The second kappa shape index (κ2) is 6.10. The SMILES string of the molecule is COc1cc2c(-c3cn[nH]c3)c(-c3n[nH]c(C(C)F)n3)[nH]c2c(F)c1Cl. The Morgan fingerprint density at radius 1 is 1.35 bits per heavy atom. The Bertz CT molecular complexity index is 1090. The number of methoxy groups -OCH3 is 1. The number of nitrogens with zero attached hydrogens (tertiary/aromatic N) is 3. The van der Waals surface area contributed by atoms with Crippen molar-refractivity contribution in [1.29, 1.82) is 0 Å². The maximum atomic E-state index is 14.8. The second-order valence-electron chi connectivity index (χ2n) is 5.65. The highest BCUT2D eigenvalue weighted by Gasteiger charge is 2.24. The monoisotopic (exact) mass is 378 g/mol. The number of hydrogen-bond donors (Lipinski definition) is 3. The van der Waals surface area contributed by atoms with Gasteiger partial charge in [0.15, 0.2) is 23.6 Å². The van der Waals surface area contributed by atoms with E-state index in [-0.39, 0.29) is 27.9 Å². The van der Waals surface area contributed by atoms with Crippen LogP contribution in [0.15, 0.2) is 18.5 Å². The molecule has 0 spiro atoms. The molecule has 4 rings (SSSR count). The second-order valence-corrected chi connectivity index (χ2v) is 6.03. The van der Waals surface area contributed by atoms with Crippen LogP contribution in [0.5, 0.6) is 5.75 Å². The summed E-state index contributed by atoms with van der Waals surface area (Å²) >= 11 is 6.02. The zero-order valence-corrected chi connectivity index (χ0v) is 14.4. The fourth-order valence-electron chi connectivity index (χ4n) is 2.81. The fraction of sp³-hybridized carbons (Fsp3) is 0.188.